The van der Waals surface area contributed by atoms with Crippen molar-refractivity contribution in [1.82, 2.24) is 0 Å². The van der Waals surface area contributed by atoms with Crippen molar-refractivity contribution in [3.8, 4) is 12.1 Å². The van der Waals surface area contributed by atoms with Gasteiger partial charge in [0.05, 0.1) is 10.7 Å². The average molecular weight is 298 g/mol. The fourth-order valence-electron chi connectivity index (χ4n) is 0.998. The van der Waals surface area contributed by atoms with Crippen LogP contribution in [0.4, 0.5) is 5.69 Å². The summed E-state index contributed by atoms with van der Waals surface area (Å²) < 4.78 is 0.836. The molecule has 0 aliphatic rings. The zero-order valence-electron chi connectivity index (χ0n) is 8.25. The molecule has 0 saturated heterocycles. The predicted octanol–water partition coefficient (Wildman–Crippen LogP) is 3.23. The molecular weight excluding hydrogens is 291 g/mol. The fourth-order valence-corrected chi connectivity index (χ4v) is 1.72. The number of hydrogen-bond acceptors (Lipinski definition) is 4. The number of benzene rings is 1. The first-order chi connectivity index (χ1) is 7.58. The van der Waals surface area contributed by atoms with Crippen LogP contribution in [-0.4, -0.2) is 5.71 Å². The van der Waals surface area contributed by atoms with E-state index in [1.807, 2.05) is 13.0 Å². The van der Waals surface area contributed by atoms with E-state index in [0.717, 1.165) is 10.0 Å². The van der Waals surface area contributed by atoms with Crippen LogP contribution in [0.25, 0.3) is 0 Å². The Morgan fingerprint density at radius 1 is 1.44 bits per heavy atom. The maximum absolute atomic E-state index is 8.50. The molecular formula is C10H6BrClN4. The van der Waals surface area contributed by atoms with Gasteiger partial charge in [-0.05, 0) is 24.6 Å². The van der Waals surface area contributed by atoms with Gasteiger partial charge in [-0.2, -0.15) is 15.6 Å². The first-order valence-corrected chi connectivity index (χ1v) is 5.35. The summed E-state index contributed by atoms with van der Waals surface area (Å²) in [5.41, 5.74) is 3.73. The summed E-state index contributed by atoms with van der Waals surface area (Å²) in [5, 5.41) is 21.1. The molecule has 1 rings (SSSR count). The Hall–Kier alpha value is -1.56. The number of halogens is 2. The molecule has 0 aliphatic heterocycles. The second kappa shape index (κ2) is 5.50. The molecule has 6 heteroatoms. The highest BCUT2D eigenvalue weighted by molar-refractivity contribution is 9.10. The zero-order valence-corrected chi connectivity index (χ0v) is 10.6. The van der Waals surface area contributed by atoms with Gasteiger partial charge in [-0.1, -0.05) is 27.5 Å². The number of hydrazone groups is 1. The Balaban J connectivity index is 3.05. The van der Waals surface area contributed by atoms with Crippen LogP contribution in [0.15, 0.2) is 21.7 Å². The largest absolute Gasteiger partial charge is 0.275 e. The summed E-state index contributed by atoms with van der Waals surface area (Å²) in [7, 11) is 0. The second-order valence-electron chi connectivity index (χ2n) is 2.88. The Labute approximate surface area is 106 Å². The van der Waals surface area contributed by atoms with Crippen LogP contribution >= 0.6 is 27.5 Å². The summed E-state index contributed by atoms with van der Waals surface area (Å²) in [6.45, 7) is 1.84. The van der Waals surface area contributed by atoms with Crippen LogP contribution in [-0.2, 0) is 0 Å². The van der Waals surface area contributed by atoms with Crippen LogP contribution in [0.2, 0.25) is 5.02 Å². The molecule has 0 spiro atoms. The first kappa shape index (κ1) is 12.5. The SMILES string of the molecule is Cc1cc(Br)cc(NN=C(C#N)C#N)c1Cl. The van der Waals surface area contributed by atoms with Crippen molar-refractivity contribution in [3.05, 3.63) is 27.2 Å². The van der Waals surface area contributed by atoms with E-state index in [0.29, 0.717) is 10.7 Å². The Bertz CT molecular complexity index is 509. The number of rotatable bonds is 2. The zero-order chi connectivity index (χ0) is 12.1. The van der Waals surface area contributed by atoms with Crippen LogP contribution < -0.4 is 5.43 Å². The Morgan fingerprint density at radius 2 is 2.06 bits per heavy atom. The molecule has 0 radical (unpaired) electrons. The monoisotopic (exact) mass is 296 g/mol. The van der Waals surface area contributed by atoms with Gasteiger partial charge in [0, 0.05) is 4.47 Å². The van der Waals surface area contributed by atoms with Gasteiger partial charge in [0.2, 0.25) is 5.71 Å². The number of nitriles is 2. The summed E-state index contributed by atoms with van der Waals surface area (Å²) in [4.78, 5) is 0. The van der Waals surface area contributed by atoms with E-state index in [-0.39, 0.29) is 5.71 Å². The van der Waals surface area contributed by atoms with Gasteiger partial charge < -0.3 is 0 Å². The molecule has 0 aromatic heterocycles. The van der Waals surface area contributed by atoms with Crippen molar-refractivity contribution >= 4 is 38.9 Å². The van der Waals surface area contributed by atoms with Gasteiger partial charge in [-0.25, -0.2) is 0 Å². The van der Waals surface area contributed by atoms with Crippen LogP contribution in [0.1, 0.15) is 5.56 Å². The average Bonchev–Trinajstić information content (AvgIpc) is 2.26. The molecule has 0 saturated carbocycles. The first-order valence-electron chi connectivity index (χ1n) is 4.18. The van der Waals surface area contributed by atoms with Crippen LogP contribution in [0.3, 0.4) is 0 Å². The lowest BCUT2D eigenvalue weighted by atomic mass is 10.2. The third-order valence-electron chi connectivity index (χ3n) is 1.72. The molecule has 0 fully saturated rings. The topological polar surface area (TPSA) is 72.0 Å². The summed E-state index contributed by atoms with van der Waals surface area (Å²) in [5.74, 6) is 0. The minimum atomic E-state index is -0.256. The van der Waals surface area contributed by atoms with Gasteiger partial charge in [0.1, 0.15) is 12.1 Å². The van der Waals surface area contributed by atoms with Crippen molar-refractivity contribution in [2.75, 3.05) is 5.43 Å². The second-order valence-corrected chi connectivity index (χ2v) is 4.17. The van der Waals surface area contributed by atoms with Gasteiger partial charge >= 0.3 is 0 Å². The molecule has 0 aliphatic carbocycles. The van der Waals surface area contributed by atoms with Crippen LogP contribution in [0.5, 0.6) is 0 Å². The predicted molar refractivity (Wildman–Crippen MR) is 66.2 cm³/mol. The van der Waals surface area contributed by atoms with Crippen molar-refractivity contribution in [2.24, 2.45) is 5.10 Å². The standard InChI is InChI=1S/C10H6BrClN4/c1-6-2-7(11)3-9(10(6)12)16-15-8(4-13)5-14/h2-3,16H,1H3. The number of hydrogen-bond donors (Lipinski definition) is 1. The van der Waals surface area contributed by atoms with Gasteiger partial charge in [0.25, 0.3) is 0 Å². The summed E-state index contributed by atoms with van der Waals surface area (Å²) >= 11 is 9.33. The highest BCUT2D eigenvalue weighted by Gasteiger charge is 2.05. The highest BCUT2D eigenvalue weighted by atomic mass is 79.9. The molecule has 0 unspecified atom stereocenters. The maximum atomic E-state index is 8.50. The van der Waals surface area contributed by atoms with E-state index in [1.165, 1.54) is 0 Å². The van der Waals surface area contributed by atoms with Gasteiger partial charge in [0.15, 0.2) is 0 Å². The molecule has 0 bridgehead atoms. The normalized spacial score (nSPS) is 8.81. The molecule has 1 aromatic carbocycles. The fraction of sp³-hybridized carbons (Fsp3) is 0.100. The number of nitrogens with one attached hydrogen (secondary N) is 1. The van der Waals surface area contributed by atoms with Crippen molar-refractivity contribution in [3.63, 3.8) is 0 Å². The number of aryl methyl sites for hydroxylation is 1. The highest BCUT2D eigenvalue weighted by Crippen LogP contribution is 2.29. The maximum Gasteiger partial charge on any atom is 0.237 e. The molecule has 1 aromatic rings. The van der Waals surface area contributed by atoms with Crippen molar-refractivity contribution in [2.45, 2.75) is 6.92 Å². The molecule has 4 nitrogen and oxygen atoms in total. The lowest BCUT2D eigenvalue weighted by Gasteiger charge is -2.06. The van der Waals surface area contributed by atoms with Crippen molar-refractivity contribution < 1.29 is 0 Å². The lowest BCUT2D eigenvalue weighted by Crippen LogP contribution is -1.97. The quantitative estimate of drug-likeness (QED) is 0.673. The minimum absolute atomic E-state index is 0.256. The smallest absolute Gasteiger partial charge is 0.237 e. The molecule has 0 amide bonds. The van der Waals surface area contributed by atoms with Gasteiger partial charge in [-0.3, -0.25) is 5.43 Å². The van der Waals surface area contributed by atoms with E-state index in [2.05, 4.69) is 26.5 Å². The molecule has 0 heterocycles. The number of nitrogens with zero attached hydrogens (tertiary/aromatic N) is 3. The summed E-state index contributed by atoms with van der Waals surface area (Å²) in [6, 6.07) is 6.85. The van der Waals surface area contributed by atoms with E-state index < -0.39 is 0 Å². The molecule has 1 N–H and O–H groups in total. The summed E-state index contributed by atoms with van der Waals surface area (Å²) in [6.07, 6.45) is 0. The lowest BCUT2D eigenvalue weighted by molar-refractivity contribution is 1.32. The third-order valence-corrected chi connectivity index (χ3v) is 2.68. The van der Waals surface area contributed by atoms with E-state index in [1.54, 1.807) is 18.2 Å². The molecule has 16 heavy (non-hydrogen) atoms. The Morgan fingerprint density at radius 3 is 2.62 bits per heavy atom. The van der Waals surface area contributed by atoms with Crippen molar-refractivity contribution in [1.29, 1.82) is 10.5 Å². The molecule has 80 valence electrons. The third kappa shape index (κ3) is 2.96. The van der Waals surface area contributed by atoms with E-state index in [4.69, 9.17) is 22.1 Å². The Kier molecular flexibility index (Phi) is 4.30. The molecule has 0 atom stereocenters. The van der Waals surface area contributed by atoms with Crippen LogP contribution in [0, 0.1) is 29.6 Å². The van der Waals surface area contributed by atoms with E-state index in [9.17, 15) is 0 Å². The van der Waals surface area contributed by atoms with Gasteiger partial charge in [-0.15, -0.1) is 0 Å². The van der Waals surface area contributed by atoms with E-state index >= 15 is 0 Å². The number of anilines is 1. The minimum Gasteiger partial charge on any atom is -0.275 e.